The predicted octanol–water partition coefficient (Wildman–Crippen LogP) is 4.99. The first-order valence-corrected chi connectivity index (χ1v) is 8.40. The summed E-state index contributed by atoms with van der Waals surface area (Å²) in [4.78, 5) is 0. The molecule has 0 aliphatic carbocycles. The number of rotatable bonds is 15. The van der Waals surface area contributed by atoms with Crippen LogP contribution in [0.2, 0.25) is 0 Å². The lowest BCUT2D eigenvalue weighted by atomic mass is 10.1. The minimum absolute atomic E-state index is 0.188. The molecule has 0 N–H and O–H groups in total. The van der Waals surface area contributed by atoms with Crippen LogP contribution in [-0.4, -0.2) is 27.1 Å². The van der Waals surface area contributed by atoms with Crippen molar-refractivity contribution in [3.63, 3.8) is 0 Å². The first-order valence-electron chi connectivity index (χ1n) is 8.40. The maximum atomic E-state index is 5.83. The summed E-state index contributed by atoms with van der Waals surface area (Å²) in [5, 5.41) is 0. The quantitative estimate of drug-likeness (QED) is 0.242. The molecule has 0 fully saturated rings. The molecule has 126 valence electrons. The lowest BCUT2D eigenvalue weighted by molar-refractivity contribution is -0.0686. The summed E-state index contributed by atoms with van der Waals surface area (Å²) in [5.41, 5.74) is 0. The third-order valence-electron chi connectivity index (χ3n) is 2.96. The number of hydrogen-bond acceptors (Lipinski definition) is 4. The lowest BCUT2D eigenvalue weighted by Gasteiger charge is -2.17. The number of methoxy groups -OCH3 is 1. The number of hydrogen-bond donors (Lipinski definition) is 0. The highest BCUT2D eigenvalue weighted by atomic mass is 16.7. The molecule has 0 amide bonds. The maximum Gasteiger partial charge on any atom is 0.321 e. The molecule has 0 saturated heterocycles. The van der Waals surface area contributed by atoms with Crippen molar-refractivity contribution in [1.29, 1.82) is 0 Å². The van der Waals surface area contributed by atoms with Gasteiger partial charge in [0.25, 0.3) is 0 Å². The van der Waals surface area contributed by atoms with Crippen LogP contribution in [0, 0.1) is 0 Å². The van der Waals surface area contributed by atoms with Crippen LogP contribution >= 0.6 is 0 Å². The summed E-state index contributed by atoms with van der Waals surface area (Å²) >= 11 is 0. The second-order valence-corrected chi connectivity index (χ2v) is 5.12. The van der Waals surface area contributed by atoms with Crippen LogP contribution in [0.3, 0.4) is 0 Å². The minimum Gasteiger partial charge on any atom is -0.491 e. The van der Waals surface area contributed by atoms with Crippen molar-refractivity contribution < 1.29 is 18.9 Å². The van der Waals surface area contributed by atoms with E-state index in [0.717, 1.165) is 31.4 Å². The molecular formula is C17H34O4. The molecule has 0 aliphatic heterocycles. The van der Waals surface area contributed by atoms with Crippen molar-refractivity contribution in [2.24, 2.45) is 0 Å². The monoisotopic (exact) mass is 302 g/mol. The molecule has 0 spiro atoms. The van der Waals surface area contributed by atoms with Gasteiger partial charge in [0.15, 0.2) is 12.6 Å². The zero-order valence-electron chi connectivity index (χ0n) is 14.4. The standard InChI is InChI=1S/C17H34O4/c1-5-8-9-10-11-12-16(19-13-6-2)17(20-14-7-3)21-15-18-4/h5-15H2,1-4H3/b17-16-. The number of allylic oxidation sites excluding steroid dienone is 1. The van der Waals surface area contributed by atoms with E-state index in [1.807, 2.05) is 0 Å². The Morgan fingerprint density at radius 3 is 2.00 bits per heavy atom. The van der Waals surface area contributed by atoms with E-state index in [4.69, 9.17) is 18.9 Å². The van der Waals surface area contributed by atoms with E-state index < -0.39 is 0 Å². The predicted molar refractivity (Wildman–Crippen MR) is 85.8 cm³/mol. The van der Waals surface area contributed by atoms with Gasteiger partial charge in [-0.1, -0.05) is 46.5 Å². The fraction of sp³-hybridized carbons (Fsp3) is 0.882. The van der Waals surface area contributed by atoms with Crippen molar-refractivity contribution in [2.75, 3.05) is 27.1 Å². The molecule has 0 aromatic carbocycles. The second kappa shape index (κ2) is 15.5. The molecule has 4 nitrogen and oxygen atoms in total. The molecule has 0 atom stereocenters. The highest BCUT2D eigenvalue weighted by molar-refractivity contribution is 4.95. The Hall–Kier alpha value is -0.900. The van der Waals surface area contributed by atoms with E-state index in [1.54, 1.807) is 7.11 Å². The Bertz CT molecular complexity index is 241. The Morgan fingerprint density at radius 1 is 0.714 bits per heavy atom. The van der Waals surface area contributed by atoms with Gasteiger partial charge in [0.05, 0.1) is 13.2 Å². The molecule has 21 heavy (non-hydrogen) atoms. The highest BCUT2D eigenvalue weighted by Crippen LogP contribution is 2.19. The average Bonchev–Trinajstić information content (AvgIpc) is 2.51. The van der Waals surface area contributed by atoms with E-state index in [2.05, 4.69) is 20.8 Å². The van der Waals surface area contributed by atoms with Crippen LogP contribution < -0.4 is 0 Å². The van der Waals surface area contributed by atoms with Gasteiger partial charge in [0.1, 0.15) is 0 Å². The summed E-state index contributed by atoms with van der Waals surface area (Å²) in [6.07, 6.45) is 8.95. The van der Waals surface area contributed by atoms with Gasteiger partial charge in [-0.25, -0.2) is 0 Å². The minimum atomic E-state index is 0.188. The lowest BCUT2D eigenvalue weighted by Crippen LogP contribution is -2.08. The van der Waals surface area contributed by atoms with Crippen molar-refractivity contribution in [3.8, 4) is 0 Å². The SMILES string of the molecule is CCCCCCC/C(OCCC)=C(\OCCC)OCOC. The van der Waals surface area contributed by atoms with Crippen molar-refractivity contribution >= 4 is 0 Å². The van der Waals surface area contributed by atoms with Gasteiger partial charge in [0.2, 0.25) is 0 Å². The molecule has 0 bridgehead atoms. The van der Waals surface area contributed by atoms with Gasteiger partial charge < -0.3 is 18.9 Å². The molecule has 0 heterocycles. The van der Waals surface area contributed by atoms with Crippen LogP contribution in [-0.2, 0) is 18.9 Å². The van der Waals surface area contributed by atoms with Gasteiger partial charge in [-0.05, 0) is 19.3 Å². The van der Waals surface area contributed by atoms with Gasteiger partial charge in [-0.2, -0.15) is 0 Å². The van der Waals surface area contributed by atoms with Gasteiger partial charge in [-0.3, -0.25) is 0 Å². The van der Waals surface area contributed by atoms with Gasteiger partial charge in [-0.15, -0.1) is 0 Å². The number of ether oxygens (including phenoxy) is 4. The topological polar surface area (TPSA) is 36.9 Å². The molecule has 0 aromatic rings. The largest absolute Gasteiger partial charge is 0.491 e. The molecule has 0 radical (unpaired) electrons. The number of unbranched alkanes of at least 4 members (excludes halogenated alkanes) is 4. The summed E-state index contributed by atoms with van der Waals surface area (Å²) in [6, 6.07) is 0. The zero-order chi connectivity index (χ0) is 15.8. The second-order valence-electron chi connectivity index (χ2n) is 5.12. The summed E-state index contributed by atoms with van der Waals surface area (Å²) < 4.78 is 22.0. The highest BCUT2D eigenvalue weighted by Gasteiger charge is 2.12. The molecule has 0 unspecified atom stereocenters. The van der Waals surface area contributed by atoms with Gasteiger partial charge >= 0.3 is 5.95 Å². The smallest absolute Gasteiger partial charge is 0.321 e. The van der Waals surface area contributed by atoms with E-state index in [-0.39, 0.29) is 6.79 Å². The Morgan fingerprint density at radius 2 is 1.38 bits per heavy atom. The van der Waals surface area contributed by atoms with Crippen LogP contribution in [0.5, 0.6) is 0 Å². The maximum absolute atomic E-state index is 5.83. The normalized spacial score (nSPS) is 12.0. The zero-order valence-corrected chi connectivity index (χ0v) is 14.4. The summed E-state index contributed by atoms with van der Waals surface area (Å²) in [5.74, 6) is 1.33. The fourth-order valence-electron chi connectivity index (χ4n) is 1.86. The molecule has 4 heteroatoms. The summed E-state index contributed by atoms with van der Waals surface area (Å²) in [6.45, 7) is 7.92. The molecular weight excluding hydrogens is 268 g/mol. The van der Waals surface area contributed by atoms with Crippen molar-refractivity contribution in [1.82, 2.24) is 0 Å². The third kappa shape index (κ3) is 11.4. The third-order valence-corrected chi connectivity index (χ3v) is 2.96. The van der Waals surface area contributed by atoms with E-state index in [9.17, 15) is 0 Å². The van der Waals surface area contributed by atoms with Crippen LogP contribution in [0.1, 0.15) is 72.1 Å². The molecule has 0 saturated carbocycles. The Kier molecular flexibility index (Phi) is 14.8. The van der Waals surface area contributed by atoms with Crippen molar-refractivity contribution in [3.05, 3.63) is 11.7 Å². The molecule has 0 rings (SSSR count). The Labute approximate surface area is 130 Å². The first kappa shape index (κ1) is 20.1. The van der Waals surface area contributed by atoms with E-state index >= 15 is 0 Å². The first-order chi connectivity index (χ1) is 10.3. The van der Waals surface area contributed by atoms with Crippen LogP contribution in [0.15, 0.2) is 11.7 Å². The van der Waals surface area contributed by atoms with E-state index in [1.165, 1.54) is 25.7 Å². The van der Waals surface area contributed by atoms with Crippen molar-refractivity contribution in [2.45, 2.75) is 72.1 Å². The molecule has 0 aliphatic rings. The fourth-order valence-corrected chi connectivity index (χ4v) is 1.86. The van der Waals surface area contributed by atoms with Crippen LogP contribution in [0.25, 0.3) is 0 Å². The summed E-state index contributed by atoms with van der Waals surface area (Å²) in [7, 11) is 1.61. The van der Waals surface area contributed by atoms with E-state index in [0.29, 0.717) is 19.2 Å². The van der Waals surface area contributed by atoms with Crippen LogP contribution in [0.4, 0.5) is 0 Å². The van der Waals surface area contributed by atoms with Gasteiger partial charge in [0, 0.05) is 13.5 Å². The average molecular weight is 302 g/mol. The molecule has 0 aromatic heterocycles. The Balaban J connectivity index is 4.51.